The van der Waals surface area contributed by atoms with Gasteiger partial charge in [0.25, 0.3) is 6.43 Å². The number of hydrogen-bond acceptors (Lipinski definition) is 3. The second-order valence-corrected chi connectivity index (χ2v) is 4.48. The molecular weight excluding hydrogens is 230 g/mol. The van der Waals surface area contributed by atoms with Gasteiger partial charge >= 0.3 is 6.09 Å². The molecule has 0 atom stereocenters. The molecule has 4 nitrogen and oxygen atoms in total. The number of nitrogens with zero attached hydrogens (tertiary/aromatic N) is 1. The molecule has 0 aliphatic rings. The number of carbonyl (C=O) groups excluding carboxylic acids is 1. The van der Waals surface area contributed by atoms with E-state index in [1.165, 1.54) is 6.07 Å². The van der Waals surface area contributed by atoms with Crippen LogP contribution in [0.1, 0.15) is 32.9 Å². The molecule has 1 heterocycles. The van der Waals surface area contributed by atoms with Crippen molar-refractivity contribution in [1.82, 2.24) is 10.3 Å². The summed E-state index contributed by atoms with van der Waals surface area (Å²) in [5, 5.41) is 2.57. The van der Waals surface area contributed by atoms with Gasteiger partial charge in [-0.05, 0) is 32.9 Å². The molecule has 0 saturated heterocycles. The maximum Gasteiger partial charge on any atom is 0.413 e. The monoisotopic (exact) mass is 244 g/mol. The SMILES string of the molecule is CC(C)(C)NC(=O)Oc1ccc(C(F)F)nc1. The molecule has 0 aliphatic carbocycles. The third-order valence-electron chi connectivity index (χ3n) is 1.67. The summed E-state index contributed by atoms with van der Waals surface area (Å²) in [7, 11) is 0. The number of rotatable bonds is 2. The molecule has 0 saturated carbocycles. The van der Waals surface area contributed by atoms with Gasteiger partial charge in [-0.3, -0.25) is 4.98 Å². The maximum absolute atomic E-state index is 12.2. The average molecular weight is 244 g/mol. The van der Waals surface area contributed by atoms with Crippen LogP contribution in [0.25, 0.3) is 0 Å². The van der Waals surface area contributed by atoms with Crippen molar-refractivity contribution in [3.63, 3.8) is 0 Å². The highest BCUT2D eigenvalue weighted by Crippen LogP contribution is 2.18. The molecule has 0 unspecified atom stereocenters. The highest BCUT2D eigenvalue weighted by molar-refractivity contribution is 5.70. The van der Waals surface area contributed by atoms with E-state index in [2.05, 4.69) is 10.3 Å². The third-order valence-corrected chi connectivity index (χ3v) is 1.67. The molecule has 17 heavy (non-hydrogen) atoms. The van der Waals surface area contributed by atoms with Crippen molar-refractivity contribution >= 4 is 6.09 Å². The molecule has 0 radical (unpaired) electrons. The van der Waals surface area contributed by atoms with E-state index in [1.54, 1.807) is 20.8 Å². The number of pyridine rings is 1. The largest absolute Gasteiger partial charge is 0.413 e. The zero-order valence-electron chi connectivity index (χ0n) is 9.83. The molecule has 0 bridgehead atoms. The van der Waals surface area contributed by atoms with Crippen LogP contribution in [0, 0.1) is 0 Å². The second kappa shape index (κ2) is 5.07. The first kappa shape index (κ1) is 13.3. The molecule has 1 rings (SSSR count). The van der Waals surface area contributed by atoms with E-state index in [0.717, 1.165) is 12.3 Å². The van der Waals surface area contributed by atoms with Gasteiger partial charge in [0, 0.05) is 5.54 Å². The predicted molar refractivity (Wildman–Crippen MR) is 58.1 cm³/mol. The molecule has 0 fully saturated rings. The van der Waals surface area contributed by atoms with Crippen LogP contribution in [0.3, 0.4) is 0 Å². The van der Waals surface area contributed by atoms with Gasteiger partial charge in [-0.25, -0.2) is 13.6 Å². The van der Waals surface area contributed by atoms with Crippen molar-refractivity contribution in [2.24, 2.45) is 0 Å². The number of nitrogens with one attached hydrogen (secondary N) is 1. The molecule has 0 aliphatic heterocycles. The summed E-state index contributed by atoms with van der Waals surface area (Å²) in [6.45, 7) is 5.39. The van der Waals surface area contributed by atoms with E-state index in [1.807, 2.05) is 0 Å². The fourth-order valence-electron chi connectivity index (χ4n) is 1.02. The zero-order chi connectivity index (χ0) is 13.1. The van der Waals surface area contributed by atoms with Gasteiger partial charge in [-0.1, -0.05) is 0 Å². The van der Waals surface area contributed by atoms with Gasteiger partial charge in [-0.15, -0.1) is 0 Å². The minimum absolute atomic E-state index is 0.121. The molecule has 1 N–H and O–H groups in total. The molecule has 0 spiro atoms. The van der Waals surface area contributed by atoms with E-state index in [0.29, 0.717) is 0 Å². The lowest BCUT2D eigenvalue weighted by Crippen LogP contribution is -2.42. The average Bonchev–Trinajstić information content (AvgIpc) is 2.15. The van der Waals surface area contributed by atoms with E-state index in [4.69, 9.17) is 4.74 Å². The Kier molecular flexibility index (Phi) is 3.98. The summed E-state index contributed by atoms with van der Waals surface area (Å²) < 4.78 is 29.3. The molecule has 1 aromatic rings. The first-order chi connectivity index (χ1) is 7.78. The number of carbonyl (C=O) groups is 1. The Morgan fingerprint density at radius 2 is 2.06 bits per heavy atom. The Morgan fingerprint density at radius 1 is 1.41 bits per heavy atom. The van der Waals surface area contributed by atoms with Crippen molar-refractivity contribution in [1.29, 1.82) is 0 Å². The van der Waals surface area contributed by atoms with E-state index < -0.39 is 18.1 Å². The Bertz CT molecular complexity index is 385. The van der Waals surface area contributed by atoms with Crippen LogP contribution in [0.5, 0.6) is 5.75 Å². The van der Waals surface area contributed by atoms with Crippen molar-refractivity contribution in [2.75, 3.05) is 0 Å². The molecule has 0 aromatic carbocycles. The normalized spacial score (nSPS) is 11.4. The van der Waals surface area contributed by atoms with Crippen molar-refractivity contribution < 1.29 is 18.3 Å². The van der Waals surface area contributed by atoms with Crippen LogP contribution in [0.15, 0.2) is 18.3 Å². The maximum atomic E-state index is 12.2. The second-order valence-electron chi connectivity index (χ2n) is 4.48. The van der Waals surface area contributed by atoms with Crippen LogP contribution in [-0.2, 0) is 0 Å². The van der Waals surface area contributed by atoms with Crippen molar-refractivity contribution in [3.8, 4) is 5.75 Å². The predicted octanol–water partition coefficient (Wildman–Crippen LogP) is 2.91. The van der Waals surface area contributed by atoms with Crippen LogP contribution < -0.4 is 10.1 Å². The zero-order valence-corrected chi connectivity index (χ0v) is 9.83. The van der Waals surface area contributed by atoms with E-state index in [9.17, 15) is 13.6 Å². The highest BCUT2D eigenvalue weighted by Gasteiger charge is 2.15. The van der Waals surface area contributed by atoms with Gasteiger partial charge in [0.05, 0.1) is 6.20 Å². The number of hydrogen-bond donors (Lipinski definition) is 1. The van der Waals surface area contributed by atoms with Crippen molar-refractivity contribution in [2.45, 2.75) is 32.7 Å². The Balaban J connectivity index is 2.61. The Labute approximate surface area is 98.0 Å². The Morgan fingerprint density at radius 3 is 2.47 bits per heavy atom. The number of halogens is 2. The quantitative estimate of drug-likeness (QED) is 0.870. The van der Waals surface area contributed by atoms with Crippen LogP contribution in [0.4, 0.5) is 13.6 Å². The summed E-state index contributed by atoms with van der Waals surface area (Å²) in [6, 6.07) is 2.39. The van der Waals surface area contributed by atoms with E-state index >= 15 is 0 Å². The van der Waals surface area contributed by atoms with Gasteiger partial charge in [-0.2, -0.15) is 0 Å². The van der Waals surface area contributed by atoms with E-state index in [-0.39, 0.29) is 11.4 Å². The topological polar surface area (TPSA) is 51.2 Å². The van der Waals surface area contributed by atoms with Gasteiger partial charge < -0.3 is 10.1 Å². The standard InChI is InChI=1S/C11H14F2N2O2/c1-11(2,3)15-10(16)17-7-4-5-8(9(12)13)14-6-7/h4-6,9H,1-3H3,(H,15,16). The Hall–Kier alpha value is -1.72. The molecule has 1 aromatic heterocycles. The smallest absolute Gasteiger partial charge is 0.409 e. The number of alkyl halides is 2. The first-order valence-electron chi connectivity index (χ1n) is 5.02. The lowest BCUT2D eigenvalue weighted by molar-refractivity contribution is 0.146. The minimum atomic E-state index is -2.63. The number of ether oxygens (including phenoxy) is 1. The van der Waals surface area contributed by atoms with Crippen LogP contribution in [-0.4, -0.2) is 16.6 Å². The van der Waals surface area contributed by atoms with Gasteiger partial charge in [0.1, 0.15) is 5.69 Å². The summed E-state index contributed by atoms with van der Waals surface area (Å²) >= 11 is 0. The van der Waals surface area contributed by atoms with Crippen molar-refractivity contribution in [3.05, 3.63) is 24.0 Å². The number of amides is 1. The third kappa shape index (κ3) is 4.76. The molecule has 6 heteroatoms. The summed E-state index contributed by atoms with van der Waals surface area (Å²) in [4.78, 5) is 14.8. The highest BCUT2D eigenvalue weighted by atomic mass is 19.3. The van der Waals surface area contributed by atoms with Gasteiger partial charge in [0.2, 0.25) is 0 Å². The molecule has 1 amide bonds. The lowest BCUT2D eigenvalue weighted by Gasteiger charge is -2.19. The summed E-state index contributed by atoms with van der Waals surface area (Å²) in [5.74, 6) is 0.121. The molecule has 94 valence electrons. The summed E-state index contributed by atoms with van der Waals surface area (Å²) in [6.07, 6.45) is -2.19. The number of aromatic nitrogens is 1. The fraction of sp³-hybridized carbons (Fsp3) is 0.455. The minimum Gasteiger partial charge on any atom is -0.409 e. The lowest BCUT2D eigenvalue weighted by atomic mass is 10.1. The van der Waals surface area contributed by atoms with Gasteiger partial charge in [0.15, 0.2) is 5.75 Å². The summed E-state index contributed by atoms with van der Waals surface area (Å²) in [5.41, 5.74) is -0.776. The molecular formula is C11H14F2N2O2. The van der Waals surface area contributed by atoms with Crippen LogP contribution in [0.2, 0.25) is 0 Å². The van der Waals surface area contributed by atoms with Crippen LogP contribution >= 0.6 is 0 Å². The fourth-order valence-corrected chi connectivity index (χ4v) is 1.02. The first-order valence-corrected chi connectivity index (χ1v) is 5.02.